The number of pyridine rings is 1. The van der Waals surface area contributed by atoms with E-state index in [1.165, 1.54) is 4.31 Å². The molecule has 6 nitrogen and oxygen atoms in total. The fourth-order valence-corrected chi connectivity index (χ4v) is 4.15. The first-order valence-corrected chi connectivity index (χ1v) is 8.73. The van der Waals surface area contributed by atoms with E-state index in [0.717, 1.165) is 6.42 Å². The van der Waals surface area contributed by atoms with Crippen molar-refractivity contribution in [3.63, 3.8) is 0 Å². The van der Waals surface area contributed by atoms with Crippen molar-refractivity contribution in [2.75, 3.05) is 25.0 Å². The number of morpholine rings is 1. The van der Waals surface area contributed by atoms with Gasteiger partial charge in [0.25, 0.3) is 0 Å². The Balaban J connectivity index is 2.31. The third-order valence-corrected chi connectivity index (χ3v) is 5.18. The lowest BCUT2D eigenvalue weighted by molar-refractivity contribution is -0.0440. The summed E-state index contributed by atoms with van der Waals surface area (Å²) in [7, 11) is -3.56. The standard InChI is InChI=1S/C14H23N3O3S/c1-4-7-15-14-13(6-5-8-16-14)21(18,19)17-9-11(2)20-12(3)10-17/h5-6,8,11-12H,4,7,9-10H2,1-3H3,(H,15,16)/t11-,12+. The number of anilines is 1. The summed E-state index contributed by atoms with van der Waals surface area (Å²) < 4.78 is 32.8. The van der Waals surface area contributed by atoms with E-state index in [1.807, 2.05) is 20.8 Å². The number of sulfonamides is 1. The highest BCUT2D eigenvalue weighted by Gasteiger charge is 2.33. The van der Waals surface area contributed by atoms with Gasteiger partial charge in [-0.3, -0.25) is 0 Å². The number of hydrogen-bond acceptors (Lipinski definition) is 5. The van der Waals surface area contributed by atoms with Gasteiger partial charge in [0.15, 0.2) is 0 Å². The van der Waals surface area contributed by atoms with Crippen molar-refractivity contribution in [3.8, 4) is 0 Å². The Labute approximate surface area is 126 Å². The van der Waals surface area contributed by atoms with Gasteiger partial charge in [-0.15, -0.1) is 0 Å². The molecule has 1 saturated heterocycles. The Kier molecular flexibility index (Phi) is 5.18. The lowest BCUT2D eigenvalue weighted by Gasteiger charge is -2.34. The molecule has 0 aromatic carbocycles. The predicted molar refractivity (Wildman–Crippen MR) is 81.8 cm³/mol. The third-order valence-electron chi connectivity index (χ3n) is 3.32. The van der Waals surface area contributed by atoms with E-state index in [-0.39, 0.29) is 17.1 Å². The predicted octanol–water partition coefficient (Wildman–Crippen LogP) is 1.70. The van der Waals surface area contributed by atoms with E-state index in [4.69, 9.17) is 4.74 Å². The normalized spacial score (nSPS) is 24.0. The molecule has 21 heavy (non-hydrogen) atoms. The first-order valence-electron chi connectivity index (χ1n) is 7.29. The maximum absolute atomic E-state index is 12.9. The zero-order valence-electron chi connectivity index (χ0n) is 12.7. The van der Waals surface area contributed by atoms with Crippen molar-refractivity contribution >= 4 is 15.8 Å². The molecule has 1 aliphatic heterocycles. The molecule has 0 saturated carbocycles. The molecule has 1 N–H and O–H groups in total. The lowest BCUT2D eigenvalue weighted by atomic mass is 10.3. The van der Waals surface area contributed by atoms with Gasteiger partial charge in [-0.1, -0.05) is 6.92 Å². The van der Waals surface area contributed by atoms with Gasteiger partial charge < -0.3 is 10.1 Å². The molecule has 1 aromatic heterocycles. The Morgan fingerprint density at radius 1 is 1.38 bits per heavy atom. The second-order valence-corrected chi connectivity index (χ2v) is 7.26. The molecule has 1 aromatic rings. The number of ether oxygens (including phenoxy) is 1. The van der Waals surface area contributed by atoms with Crippen LogP contribution in [0.25, 0.3) is 0 Å². The number of rotatable bonds is 5. The summed E-state index contributed by atoms with van der Waals surface area (Å²) >= 11 is 0. The summed E-state index contributed by atoms with van der Waals surface area (Å²) in [6, 6.07) is 3.25. The highest BCUT2D eigenvalue weighted by Crippen LogP contribution is 2.25. The first kappa shape index (κ1) is 16.2. The molecule has 0 amide bonds. The van der Waals surface area contributed by atoms with Crippen molar-refractivity contribution < 1.29 is 13.2 Å². The van der Waals surface area contributed by atoms with Gasteiger partial charge in [-0.2, -0.15) is 4.31 Å². The molecular formula is C14H23N3O3S. The van der Waals surface area contributed by atoms with E-state index in [9.17, 15) is 8.42 Å². The van der Waals surface area contributed by atoms with Crippen molar-refractivity contribution in [3.05, 3.63) is 18.3 Å². The van der Waals surface area contributed by atoms with E-state index < -0.39 is 10.0 Å². The van der Waals surface area contributed by atoms with Crippen LogP contribution in [0.3, 0.4) is 0 Å². The molecule has 0 spiro atoms. The fourth-order valence-electron chi connectivity index (χ4n) is 2.44. The summed E-state index contributed by atoms with van der Waals surface area (Å²) in [5.74, 6) is 0.422. The van der Waals surface area contributed by atoms with Gasteiger partial charge in [0.05, 0.1) is 12.2 Å². The van der Waals surface area contributed by atoms with Crippen LogP contribution in [0, 0.1) is 0 Å². The van der Waals surface area contributed by atoms with Crippen molar-refractivity contribution in [1.29, 1.82) is 0 Å². The van der Waals surface area contributed by atoms with Crippen molar-refractivity contribution in [2.45, 2.75) is 44.3 Å². The molecule has 0 radical (unpaired) electrons. The van der Waals surface area contributed by atoms with Crippen molar-refractivity contribution in [2.24, 2.45) is 0 Å². The van der Waals surface area contributed by atoms with Crippen LogP contribution >= 0.6 is 0 Å². The molecule has 2 heterocycles. The van der Waals surface area contributed by atoms with Crippen LogP contribution < -0.4 is 5.32 Å². The number of nitrogens with zero attached hydrogens (tertiary/aromatic N) is 2. The van der Waals surface area contributed by atoms with Crippen LogP contribution in [0.5, 0.6) is 0 Å². The molecule has 2 rings (SSSR count). The zero-order chi connectivity index (χ0) is 15.5. The minimum absolute atomic E-state index is 0.104. The monoisotopic (exact) mass is 313 g/mol. The van der Waals surface area contributed by atoms with Gasteiger partial charge in [0.1, 0.15) is 10.7 Å². The van der Waals surface area contributed by atoms with E-state index in [2.05, 4.69) is 10.3 Å². The summed E-state index contributed by atoms with van der Waals surface area (Å²) in [5.41, 5.74) is 0. The van der Waals surface area contributed by atoms with Gasteiger partial charge in [0, 0.05) is 25.8 Å². The molecule has 0 bridgehead atoms. The molecule has 0 aliphatic carbocycles. The van der Waals surface area contributed by atoms with Crippen LogP contribution in [0.2, 0.25) is 0 Å². The maximum Gasteiger partial charge on any atom is 0.246 e. The van der Waals surface area contributed by atoms with Crippen LogP contribution in [0.1, 0.15) is 27.2 Å². The quantitative estimate of drug-likeness (QED) is 0.896. The molecule has 7 heteroatoms. The van der Waals surface area contributed by atoms with Gasteiger partial charge in [-0.05, 0) is 32.4 Å². The largest absolute Gasteiger partial charge is 0.373 e. The van der Waals surface area contributed by atoms with Gasteiger partial charge >= 0.3 is 0 Å². The number of aromatic nitrogens is 1. The summed E-state index contributed by atoms with van der Waals surface area (Å²) in [5, 5.41) is 3.08. The Hall–Kier alpha value is -1.18. The molecule has 2 atom stereocenters. The Morgan fingerprint density at radius 3 is 2.67 bits per heavy atom. The number of nitrogens with one attached hydrogen (secondary N) is 1. The average molecular weight is 313 g/mol. The second-order valence-electron chi connectivity index (χ2n) is 5.36. The van der Waals surface area contributed by atoms with Gasteiger partial charge in [0.2, 0.25) is 10.0 Å². The lowest BCUT2D eigenvalue weighted by Crippen LogP contribution is -2.48. The summed E-state index contributed by atoms with van der Waals surface area (Å²) in [6.07, 6.45) is 2.29. The fraction of sp³-hybridized carbons (Fsp3) is 0.643. The topological polar surface area (TPSA) is 71.5 Å². The number of hydrogen-bond donors (Lipinski definition) is 1. The molecule has 118 valence electrons. The average Bonchev–Trinajstić information content (AvgIpc) is 2.44. The third kappa shape index (κ3) is 3.72. The van der Waals surface area contributed by atoms with Crippen molar-refractivity contribution in [1.82, 2.24) is 9.29 Å². The molecule has 0 unspecified atom stereocenters. The first-order chi connectivity index (χ1) is 9.95. The van der Waals surface area contributed by atoms with Crippen LogP contribution in [0.15, 0.2) is 23.2 Å². The minimum Gasteiger partial charge on any atom is -0.373 e. The maximum atomic E-state index is 12.9. The second kappa shape index (κ2) is 6.72. The molecular weight excluding hydrogens is 290 g/mol. The van der Waals surface area contributed by atoms with E-state index >= 15 is 0 Å². The SMILES string of the molecule is CCCNc1ncccc1S(=O)(=O)N1C[C@@H](C)O[C@@H](C)C1. The summed E-state index contributed by atoms with van der Waals surface area (Å²) in [6.45, 7) is 7.23. The Bertz CT molecular complexity index is 567. The van der Waals surface area contributed by atoms with E-state index in [0.29, 0.717) is 25.5 Å². The highest BCUT2D eigenvalue weighted by atomic mass is 32.2. The zero-order valence-corrected chi connectivity index (χ0v) is 13.6. The molecule has 1 aliphatic rings. The minimum atomic E-state index is -3.56. The van der Waals surface area contributed by atoms with E-state index in [1.54, 1.807) is 18.3 Å². The van der Waals surface area contributed by atoms with Crippen LogP contribution in [0.4, 0.5) is 5.82 Å². The highest BCUT2D eigenvalue weighted by molar-refractivity contribution is 7.89. The summed E-state index contributed by atoms with van der Waals surface area (Å²) in [4.78, 5) is 4.40. The van der Waals surface area contributed by atoms with Crippen LogP contribution in [-0.2, 0) is 14.8 Å². The smallest absolute Gasteiger partial charge is 0.246 e. The van der Waals surface area contributed by atoms with Crippen LogP contribution in [-0.4, -0.2) is 49.5 Å². The molecule has 1 fully saturated rings. The Morgan fingerprint density at radius 2 is 2.05 bits per heavy atom. The van der Waals surface area contributed by atoms with Gasteiger partial charge in [-0.25, -0.2) is 13.4 Å².